The molecule has 3 heterocycles. The third-order valence-corrected chi connectivity index (χ3v) is 2.50. The highest BCUT2D eigenvalue weighted by Gasteiger charge is 2.08. The first kappa shape index (κ1) is 9.30. The van der Waals surface area contributed by atoms with Gasteiger partial charge in [-0.25, -0.2) is 14.5 Å². The van der Waals surface area contributed by atoms with Crippen LogP contribution >= 0.6 is 11.6 Å². The fourth-order valence-electron chi connectivity index (χ4n) is 1.57. The highest BCUT2D eigenvalue weighted by molar-refractivity contribution is 6.29. The van der Waals surface area contributed by atoms with Crippen molar-refractivity contribution in [3.05, 3.63) is 48.0 Å². The second-order valence-electron chi connectivity index (χ2n) is 3.29. The Balaban J connectivity index is 2.26. The molecule has 5 heteroatoms. The Labute approximate surface area is 96.5 Å². The fraction of sp³-hybridized carbons (Fsp3) is 0. The first-order chi connectivity index (χ1) is 7.84. The number of nitrogens with zero attached hydrogens (tertiary/aromatic N) is 4. The predicted molar refractivity (Wildman–Crippen MR) is 61.2 cm³/mol. The van der Waals surface area contributed by atoms with Gasteiger partial charge < -0.3 is 0 Å². The lowest BCUT2D eigenvalue weighted by molar-refractivity contribution is 0.961. The molecule has 0 aromatic carbocycles. The molecule has 3 aromatic rings. The van der Waals surface area contributed by atoms with Gasteiger partial charge in [0, 0.05) is 12.4 Å². The Morgan fingerprint density at radius 1 is 1.19 bits per heavy atom. The molecule has 16 heavy (non-hydrogen) atoms. The Morgan fingerprint density at radius 3 is 3.00 bits per heavy atom. The van der Waals surface area contributed by atoms with E-state index in [1.807, 2.05) is 24.4 Å². The third-order valence-electron chi connectivity index (χ3n) is 2.29. The molecule has 0 aliphatic heterocycles. The van der Waals surface area contributed by atoms with E-state index in [9.17, 15) is 0 Å². The molecule has 0 bridgehead atoms. The van der Waals surface area contributed by atoms with E-state index in [0.717, 1.165) is 11.1 Å². The van der Waals surface area contributed by atoms with Crippen molar-refractivity contribution in [3.8, 4) is 11.4 Å². The van der Waals surface area contributed by atoms with Crippen LogP contribution < -0.4 is 0 Å². The van der Waals surface area contributed by atoms with Gasteiger partial charge in [-0.2, -0.15) is 5.10 Å². The van der Waals surface area contributed by atoms with Crippen LogP contribution in [0.4, 0.5) is 0 Å². The van der Waals surface area contributed by atoms with Gasteiger partial charge in [0.2, 0.25) is 0 Å². The summed E-state index contributed by atoms with van der Waals surface area (Å²) < 4.78 is 1.78. The highest BCUT2D eigenvalue weighted by Crippen LogP contribution is 2.21. The topological polar surface area (TPSA) is 43.1 Å². The molecule has 4 nitrogen and oxygen atoms in total. The molecule has 0 aliphatic carbocycles. The molecule has 3 aromatic heterocycles. The smallest absolute Gasteiger partial charge is 0.164 e. The average molecular weight is 231 g/mol. The Hall–Kier alpha value is -1.94. The molecule has 0 unspecified atom stereocenters. The van der Waals surface area contributed by atoms with Gasteiger partial charge >= 0.3 is 0 Å². The normalized spacial score (nSPS) is 10.8. The van der Waals surface area contributed by atoms with Crippen molar-refractivity contribution >= 4 is 17.1 Å². The highest BCUT2D eigenvalue weighted by atomic mass is 35.5. The molecular weight excluding hydrogens is 224 g/mol. The van der Waals surface area contributed by atoms with Crippen LogP contribution in [0.5, 0.6) is 0 Å². The van der Waals surface area contributed by atoms with Crippen LogP contribution in [0.2, 0.25) is 5.15 Å². The van der Waals surface area contributed by atoms with E-state index >= 15 is 0 Å². The maximum Gasteiger partial charge on any atom is 0.164 e. The quantitative estimate of drug-likeness (QED) is 0.603. The van der Waals surface area contributed by atoms with E-state index in [2.05, 4.69) is 15.1 Å². The molecule has 0 saturated carbocycles. The zero-order valence-electron chi connectivity index (χ0n) is 8.21. The SMILES string of the molecule is Clc1ccnc(-c2cnn3ccccc23)n1. The summed E-state index contributed by atoms with van der Waals surface area (Å²) in [5.41, 5.74) is 1.84. The fourth-order valence-corrected chi connectivity index (χ4v) is 1.71. The number of aromatic nitrogens is 4. The summed E-state index contributed by atoms with van der Waals surface area (Å²) in [5, 5.41) is 4.65. The summed E-state index contributed by atoms with van der Waals surface area (Å²) in [4.78, 5) is 8.35. The summed E-state index contributed by atoms with van der Waals surface area (Å²) in [5.74, 6) is 0.591. The first-order valence-corrected chi connectivity index (χ1v) is 5.14. The first-order valence-electron chi connectivity index (χ1n) is 4.76. The summed E-state index contributed by atoms with van der Waals surface area (Å²) in [6.45, 7) is 0. The lowest BCUT2D eigenvalue weighted by atomic mass is 10.2. The molecule has 0 amide bonds. The second-order valence-corrected chi connectivity index (χ2v) is 3.68. The zero-order valence-corrected chi connectivity index (χ0v) is 8.96. The number of rotatable bonds is 1. The number of halogens is 1. The maximum absolute atomic E-state index is 5.83. The van der Waals surface area contributed by atoms with E-state index in [4.69, 9.17) is 11.6 Å². The Bertz CT molecular complexity index is 647. The van der Waals surface area contributed by atoms with Crippen LogP contribution in [0.15, 0.2) is 42.9 Å². The van der Waals surface area contributed by atoms with Crippen LogP contribution in [-0.4, -0.2) is 19.6 Å². The maximum atomic E-state index is 5.83. The van der Waals surface area contributed by atoms with Gasteiger partial charge in [-0.1, -0.05) is 17.7 Å². The minimum absolute atomic E-state index is 0.431. The van der Waals surface area contributed by atoms with Crippen molar-refractivity contribution in [1.82, 2.24) is 19.6 Å². The van der Waals surface area contributed by atoms with Gasteiger partial charge in [-0.3, -0.25) is 0 Å². The predicted octanol–water partition coefficient (Wildman–Crippen LogP) is 2.44. The Morgan fingerprint density at radius 2 is 2.12 bits per heavy atom. The molecule has 0 spiro atoms. The largest absolute Gasteiger partial charge is 0.240 e. The molecule has 0 N–H and O–H groups in total. The minimum Gasteiger partial charge on any atom is -0.240 e. The summed E-state index contributed by atoms with van der Waals surface area (Å²) in [6, 6.07) is 7.48. The summed E-state index contributed by atoms with van der Waals surface area (Å²) >= 11 is 5.83. The Kier molecular flexibility index (Phi) is 2.08. The lowest BCUT2D eigenvalue weighted by Crippen LogP contribution is -1.88. The van der Waals surface area contributed by atoms with Crippen molar-refractivity contribution in [3.63, 3.8) is 0 Å². The zero-order chi connectivity index (χ0) is 11.0. The van der Waals surface area contributed by atoms with Crippen LogP contribution in [0.1, 0.15) is 0 Å². The number of hydrogen-bond donors (Lipinski definition) is 0. The van der Waals surface area contributed by atoms with Crippen molar-refractivity contribution in [2.24, 2.45) is 0 Å². The van der Waals surface area contributed by atoms with Crippen LogP contribution in [0.3, 0.4) is 0 Å². The van der Waals surface area contributed by atoms with Crippen molar-refractivity contribution in [2.45, 2.75) is 0 Å². The van der Waals surface area contributed by atoms with Crippen LogP contribution in [-0.2, 0) is 0 Å². The molecule has 0 aliphatic rings. The third kappa shape index (κ3) is 1.44. The molecular formula is C11H7ClN4. The summed E-state index contributed by atoms with van der Waals surface area (Å²) in [7, 11) is 0. The van der Waals surface area contributed by atoms with Crippen molar-refractivity contribution < 1.29 is 0 Å². The molecule has 0 radical (unpaired) electrons. The van der Waals surface area contributed by atoms with E-state index in [0.29, 0.717) is 11.0 Å². The van der Waals surface area contributed by atoms with Crippen LogP contribution in [0, 0.1) is 0 Å². The standard InChI is InChI=1S/C11H7ClN4/c12-10-4-5-13-11(15-10)8-7-14-16-6-2-1-3-9(8)16/h1-7H. The number of fused-ring (bicyclic) bond motifs is 1. The van der Waals surface area contributed by atoms with Gasteiger partial charge in [0.1, 0.15) is 5.15 Å². The van der Waals surface area contributed by atoms with E-state index in [1.54, 1.807) is 23.0 Å². The minimum atomic E-state index is 0.431. The average Bonchev–Trinajstić information content (AvgIpc) is 2.72. The van der Waals surface area contributed by atoms with Crippen LogP contribution in [0.25, 0.3) is 16.9 Å². The van der Waals surface area contributed by atoms with Gasteiger partial charge in [-0.05, 0) is 18.2 Å². The van der Waals surface area contributed by atoms with Crippen molar-refractivity contribution in [1.29, 1.82) is 0 Å². The molecule has 78 valence electrons. The van der Waals surface area contributed by atoms with E-state index < -0.39 is 0 Å². The molecule has 0 saturated heterocycles. The van der Waals surface area contributed by atoms with Gasteiger partial charge in [0.15, 0.2) is 5.82 Å². The molecule has 3 rings (SSSR count). The van der Waals surface area contributed by atoms with Crippen molar-refractivity contribution in [2.75, 3.05) is 0 Å². The molecule has 0 atom stereocenters. The number of pyridine rings is 1. The monoisotopic (exact) mass is 230 g/mol. The summed E-state index contributed by atoms with van der Waals surface area (Å²) in [6.07, 6.45) is 5.25. The van der Waals surface area contributed by atoms with E-state index in [-0.39, 0.29) is 0 Å². The number of hydrogen-bond acceptors (Lipinski definition) is 3. The molecule has 0 fully saturated rings. The van der Waals surface area contributed by atoms with Gasteiger partial charge in [-0.15, -0.1) is 0 Å². The lowest BCUT2D eigenvalue weighted by Gasteiger charge is -1.97. The van der Waals surface area contributed by atoms with Gasteiger partial charge in [0.05, 0.1) is 17.3 Å². The van der Waals surface area contributed by atoms with E-state index in [1.165, 1.54) is 0 Å². The second kappa shape index (κ2) is 3.57. The van der Waals surface area contributed by atoms with Gasteiger partial charge in [0.25, 0.3) is 0 Å².